The highest BCUT2D eigenvalue weighted by molar-refractivity contribution is 5.95. The molecule has 2 aromatic carbocycles. The molecule has 28 heavy (non-hydrogen) atoms. The van der Waals surface area contributed by atoms with Crippen LogP contribution in [0.1, 0.15) is 17.5 Å². The third kappa shape index (κ3) is 4.67. The minimum atomic E-state index is -0.920. The number of ether oxygens (including phenoxy) is 1. The number of carbonyl (C=O) groups excluding carboxylic acids is 2. The van der Waals surface area contributed by atoms with E-state index in [1.807, 2.05) is 60.7 Å². The van der Waals surface area contributed by atoms with Crippen LogP contribution in [-0.4, -0.2) is 40.8 Å². The van der Waals surface area contributed by atoms with Crippen molar-refractivity contribution in [2.75, 3.05) is 6.61 Å². The van der Waals surface area contributed by atoms with E-state index in [0.717, 1.165) is 16.0 Å². The van der Waals surface area contributed by atoms with E-state index >= 15 is 0 Å². The highest BCUT2D eigenvalue weighted by Gasteiger charge is 2.41. The summed E-state index contributed by atoms with van der Waals surface area (Å²) in [6, 6.07) is 19.0. The Morgan fingerprint density at radius 2 is 1.75 bits per heavy atom. The molecule has 146 valence electrons. The van der Waals surface area contributed by atoms with Gasteiger partial charge >= 0.3 is 6.09 Å². The number of cyclic esters (lactones) is 1. The number of carbonyl (C=O) groups is 2. The summed E-state index contributed by atoms with van der Waals surface area (Å²) in [4.78, 5) is 26.4. The smallest absolute Gasteiger partial charge is 0.417 e. The molecule has 0 aliphatic carbocycles. The van der Waals surface area contributed by atoms with Gasteiger partial charge in [0.15, 0.2) is 0 Å². The lowest BCUT2D eigenvalue weighted by Crippen LogP contribution is -2.46. The Bertz CT molecular complexity index is 806. The number of aryl methyl sites for hydroxylation is 1. The van der Waals surface area contributed by atoms with Crippen LogP contribution < -0.4 is 0 Å². The second-order valence-electron chi connectivity index (χ2n) is 6.98. The van der Waals surface area contributed by atoms with Crippen molar-refractivity contribution in [1.29, 1.82) is 0 Å². The standard InChI is InChI=1S/C23H25NO4/c1-2-20(21(25)14-13-17-9-5-3-6-10-17)22(26)24-19(16-28-23(24)27)15-18-11-7-4-8-12-18/h2-12,19-21,25H,1,13-16H2/t19-,20-,21+/m0/s1. The van der Waals surface area contributed by atoms with E-state index in [2.05, 4.69) is 6.58 Å². The summed E-state index contributed by atoms with van der Waals surface area (Å²) in [5, 5.41) is 10.6. The molecule has 1 aliphatic rings. The van der Waals surface area contributed by atoms with E-state index in [0.29, 0.717) is 19.3 Å². The molecule has 0 saturated carbocycles. The van der Waals surface area contributed by atoms with Crippen molar-refractivity contribution in [3.8, 4) is 0 Å². The van der Waals surface area contributed by atoms with Crippen LogP contribution in [0.3, 0.4) is 0 Å². The van der Waals surface area contributed by atoms with Gasteiger partial charge in [-0.25, -0.2) is 9.69 Å². The Morgan fingerprint density at radius 3 is 2.36 bits per heavy atom. The summed E-state index contributed by atoms with van der Waals surface area (Å²) in [6.07, 6.45) is 1.39. The Labute approximate surface area is 165 Å². The first-order valence-corrected chi connectivity index (χ1v) is 9.48. The van der Waals surface area contributed by atoms with Crippen molar-refractivity contribution < 1.29 is 19.4 Å². The number of amides is 2. The Morgan fingerprint density at radius 1 is 1.14 bits per heavy atom. The number of aliphatic hydroxyl groups is 1. The average molecular weight is 379 g/mol. The van der Waals surface area contributed by atoms with Gasteiger partial charge in [-0.2, -0.15) is 0 Å². The molecule has 3 rings (SSSR count). The molecule has 1 aliphatic heterocycles. The van der Waals surface area contributed by atoms with E-state index in [9.17, 15) is 14.7 Å². The predicted molar refractivity (Wildman–Crippen MR) is 107 cm³/mol. The lowest BCUT2D eigenvalue weighted by molar-refractivity contribution is -0.135. The molecule has 5 nitrogen and oxygen atoms in total. The van der Waals surface area contributed by atoms with Gasteiger partial charge in [-0.3, -0.25) is 4.79 Å². The SMILES string of the molecule is C=C[C@H](C(=O)N1C(=O)OC[C@@H]1Cc1ccccc1)[C@H](O)CCc1ccccc1. The third-order valence-corrected chi connectivity index (χ3v) is 5.04. The van der Waals surface area contributed by atoms with Crippen molar-refractivity contribution >= 4 is 12.0 Å². The third-order valence-electron chi connectivity index (χ3n) is 5.04. The highest BCUT2D eigenvalue weighted by atomic mass is 16.6. The van der Waals surface area contributed by atoms with Gasteiger partial charge in [-0.1, -0.05) is 66.7 Å². The van der Waals surface area contributed by atoms with Crippen molar-refractivity contribution in [2.24, 2.45) is 5.92 Å². The molecular formula is C23H25NO4. The number of nitrogens with zero attached hydrogens (tertiary/aromatic N) is 1. The molecule has 3 atom stereocenters. The van der Waals surface area contributed by atoms with Crippen molar-refractivity contribution in [3.05, 3.63) is 84.4 Å². The first-order valence-electron chi connectivity index (χ1n) is 9.48. The summed E-state index contributed by atoms with van der Waals surface area (Å²) >= 11 is 0. The van der Waals surface area contributed by atoms with Crippen LogP contribution in [0.5, 0.6) is 0 Å². The first-order chi connectivity index (χ1) is 13.6. The predicted octanol–water partition coefficient (Wildman–Crippen LogP) is 3.37. The Kier molecular flexibility index (Phi) is 6.61. The molecule has 0 bridgehead atoms. The normalized spacial score (nSPS) is 18.4. The van der Waals surface area contributed by atoms with Crippen molar-refractivity contribution in [3.63, 3.8) is 0 Å². The van der Waals surface area contributed by atoms with Gasteiger partial charge in [0.2, 0.25) is 5.91 Å². The molecule has 0 aromatic heterocycles. The minimum absolute atomic E-state index is 0.156. The molecule has 0 unspecified atom stereocenters. The van der Waals surface area contributed by atoms with Gasteiger partial charge in [0.05, 0.1) is 18.1 Å². The highest BCUT2D eigenvalue weighted by Crippen LogP contribution is 2.23. The van der Waals surface area contributed by atoms with E-state index in [4.69, 9.17) is 4.74 Å². The quantitative estimate of drug-likeness (QED) is 0.714. The number of rotatable bonds is 8. The van der Waals surface area contributed by atoms with Gasteiger partial charge in [0.25, 0.3) is 0 Å². The number of benzene rings is 2. The van der Waals surface area contributed by atoms with E-state index in [-0.39, 0.29) is 12.6 Å². The number of hydrogen-bond donors (Lipinski definition) is 1. The topological polar surface area (TPSA) is 66.8 Å². The lowest BCUT2D eigenvalue weighted by atomic mass is 9.94. The maximum absolute atomic E-state index is 13.0. The summed E-state index contributed by atoms with van der Waals surface area (Å²) in [5.74, 6) is -1.31. The van der Waals surface area contributed by atoms with E-state index in [1.54, 1.807) is 0 Å². The molecule has 0 radical (unpaired) electrons. The van der Waals surface area contributed by atoms with E-state index in [1.165, 1.54) is 6.08 Å². The zero-order valence-electron chi connectivity index (χ0n) is 15.7. The summed E-state index contributed by atoms with van der Waals surface area (Å²) in [6.45, 7) is 3.86. The van der Waals surface area contributed by atoms with Crippen LogP contribution in [0.25, 0.3) is 0 Å². The molecule has 0 spiro atoms. The molecule has 2 amide bonds. The monoisotopic (exact) mass is 379 g/mol. The molecular weight excluding hydrogens is 354 g/mol. The average Bonchev–Trinajstić information content (AvgIpc) is 3.08. The van der Waals surface area contributed by atoms with Crippen LogP contribution in [0.4, 0.5) is 4.79 Å². The number of imide groups is 1. The lowest BCUT2D eigenvalue weighted by Gasteiger charge is -2.26. The Balaban J connectivity index is 1.67. The zero-order valence-corrected chi connectivity index (χ0v) is 15.7. The largest absolute Gasteiger partial charge is 0.447 e. The Hall–Kier alpha value is -2.92. The van der Waals surface area contributed by atoms with Gasteiger partial charge in [0, 0.05) is 0 Å². The summed E-state index contributed by atoms with van der Waals surface area (Å²) in [7, 11) is 0. The van der Waals surface area contributed by atoms with Crippen LogP contribution in [0.15, 0.2) is 73.3 Å². The minimum Gasteiger partial charge on any atom is -0.447 e. The second-order valence-corrected chi connectivity index (χ2v) is 6.98. The van der Waals surface area contributed by atoms with Gasteiger partial charge in [-0.15, -0.1) is 6.58 Å². The summed E-state index contributed by atoms with van der Waals surface area (Å²) in [5.41, 5.74) is 2.10. The van der Waals surface area contributed by atoms with Crippen LogP contribution in [-0.2, 0) is 22.4 Å². The first kappa shape index (κ1) is 19.8. The van der Waals surface area contributed by atoms with Crippen LogP contribution in [0.2, 0.25) is 0 Å². The summed E-state index contributed by atoms with van der Waals surface area (Å²) < 4.78 is 5.13. The fraction of sp³-hybridized carbons (Fsp3) is 0.304. The molecule has 5 heteroatoms. The maximum atomic E-state index is 13.0. The second kappa shape index (κ2) is 9.33. The van der Waals surface area contributed by atoms with Crippen molar-refractivity contribution in [1.82, 2.24) is 4.90 Å². The van der Waals surface area contributed by atoms with E-state index < -0.39 is 24.0 Å². The molecule has 1 fully saturated rings. The van der Waals surface area contributed by atoms with Gasteiger partial charge in [-0.05, 0) is 30.4 Å². The number of aliphatic hydroxyl groups excluding tert-OH is 1. The fourth-order valence-electron chi connectivity index (χ4n) is 3.49. The van der Waals surface area contributed by atoms with Gasteiger partial charge < -0.3 is 9.84 Å². The molecule has 1 N–H and O–H groups in total. The molecule has 1 heterocycles. The molecule has 2 aromatic rings. The van der Waals surface area contributed by atoms with Crippen LogP contribution in [0, 0.1) is 5.92 Å². The van der Waals surface area contributed by atoms with Crippen molar-refractivity contribution in [2.45, 2.75) is 31.4 Å². The van der Waals surface area contributed by atoms with Crippen LogP contribution >= 0.6 is 0 Å². The fourth-order valence-corrected chi connectivity index (χ4v) is 3.49. The zero-order chi connectivity index (χ0) is 19.9. The maximum Gasteiger partial charge on any atom is 0.417 e. The van der Waals surface area contributed by atoms with Gasteiger partial charge in [0.1, 0.15) is 6.61 Å². The molecule has 1 saturated heterocycles. The number of hydrogen-bond acceptors (Lipinski definition) is 4.